The summed E-state index contributed by atoms with van der Waals surface area (Å²) in [6.07, 6.45) is 0. The fraction of sp³-hybridized carbons (Fsp3) is 0.167. The molecule has 1 heterocycles. The van der Waals surface area contributed by atoms with Crippen molar-refractivity contribution in [1.29, 1.82) is 0 Å². The van der Waals surface area contributed by atoms with Gasteiger partial charge in [-0.15, -0.1) is 11.3 Å². The van der Waals surface area contributed by atoms with Crippen molar-refractivity contribution in [1.82, 2.24) is 0 Å². The van der Waals surface area contributed by atoms with Gasteiger partial charge in [0, 0.05) is 22.2 Å². The van der Waals surface area contributed by atoms with Gasteiger partial charge >= 0.3 is 0 Å². The van der Waals surface area contributed by atoms with Crippen LogP contribution in [0.25, 0.3) is 10.1 Å². The Morgan fingerprint density at radius 2 is 1.88 bits per heavy atom. The number of halogens is 2. The monoisotopic (exact) mass is 379 g/mol. The zero-order valence-corrected chi connectivity index (χ0v) is 15.3. The molecule has 0 spiro atoms. The highest BCUT2D eigenvalue weighted by Crippen LogP contribution is 2.37. The van der Waals surface area contributed by atoms with Gasteiger partial charge in [-0.2, -0.15) is 0 Å². The third-order valence-corrected chi connectivity index (χ3v) is 5.40. The molecular formula is C18H15ClFNO3S. The van der Waals surface area contributed by atoms with Crippen molar-refractivity contribution in [3.63, 3.8) is 0 Å². The number of hydrogen-bond acceptors (Lipinski definition) is 4. The first kappa shape index (κ1) is 17.5. The van der Waals surface area contributed by atoms with Gasteiger partial charge < -0.3 is 14.8 Å². The maximum atomic E-state index is 14.0. The Morgan fingerprint density at radius 1 is 1.20 bits per heavy atom. The van der Waals surface area contributed by atoms with Crippen LogP contribution in [0, 0.1) is 12.7 Å². The van der Waals surface area contributed by atoms with Crippen LogP contribution < -0.4 is 14.8 Å². The van der Waals surface area contributed by atoms with Crippen LogP contribution in [0.1, 0.15) is 15.2 Å². The summed E-state index contributed by atoms with van der Waals surface area (Å²) in [5.74, 6) is 0.216. The molecule has 3 rings (SSSR count). The summed E-state index contributed by atoms with van der Waals surface area (Å²) in [7, 11) is 3.00. The van der Waals surface area contributed by atoms with E-state index in [1.807, 2.05) is 0 Å². The second-order valence-corrected chi connectivity index (χ2v) is 6.77. The van der Waals surface area contributed by atoms with E-state index < -0.39 is 0 Å². The van der Waals surface area contributed by atoms with Crippen LogP contribution in [0.4, 0.5) is 10.1 Å². The van der Waals surface area contributed by atoms with Crippen molar-refractivity contribution in [3.8, 4) is 11.5 Å². The standard InChI is InChI=1S/C18H15ClFNO3S/c1-9-16-11(20)5-4-6-15(16)25-17(9)18(22)21-12-8-14(24-3)13(23-2)7-10(12)19/h4-8H,1-3H3,(H,21,22). The molecule has 0 saturated carbocycles. The SMILES string of the molecule is COc1cc(Cl)c(NC(=O)c2sc3cccc(F)c3c2C)cc1OC. The average Bonchev–Trinajstić information content (AvgIpc) is 2.94. The van der Waals surface area contributed by atoms with Crippen LogP contribution in [-0.4, -0.2) is 20.1 Å². The number of rotatable bonds is 4. The summed E-state index contributed by atoms with van der Waals surface area (Å²) in [5, 5.41) is 3.54. The first-order valence-corrected chi connectivity index (χ1v) is 8.56. The molecule has 0 saturated heterocycles. The maximum absolute atomic E-state index is 14.0. The number of carbonyl (C=O) groups excluding carboxylic acids is 1. The van der Waals surface area contributed by atoms with Crippen molar-refractivity contribution in [2.24, 2.45) is 0 Å². The molecule has 4 nitrogen and oxygen atoms in total. The number of anilines is 1. The summed E-state index contributed by atoms with van der Waals surface area (Å²) in [6, 6.07) is 7.95. The molecule has 1 N–H and O–H groups in total. The Balaban J connectivity index is 1.98. The maximum Gasteiger partial charge on any atom is 0.266 e. The van der Waals surface area contributed by atoms with E-state index in [9.17, 15) is 9.18 Å². The topological polar surface area (TPSA) is 47.6 Å². The van der Waals surface area contributed by atoms with Crippen LogP contribution in [0.3, 0.4) is 0 Å². The number of hydrogen-bond donors (Lipinski definition) is 1. The van der Waals surface area contributed by atoms with Gasteiger partial charge in [0.05, 0.1) is 29.8 Å². The Kier molecular flexibility index (Phi) is 4.83. The Labute approximate surface area is 153 Å². The Bertz CT molecular complexity index is 971. The van der Waals surface area contributed by atoms with Gasteiger partial charge in [-0.05, 0) is 24.6 Å². The number of methoxy groups -OCH3 is 2. The number of fused-ring (bicyclic) bond motifs is 1. The number of thiophene rings is 1. The zero-order chi connectivity index (χ0) is 18.1. The van der Waals surface area contributed by atoms with Crippen LogP contribution in [-0.2, 0) is 0 Å². The first-order valence-electron chi connectivity index (χ1n) is 7.36. The van der Waals surface area contributed by atoms with Gasteiger partial charge in [-0.25, -0.2) is 4.39 Å². The minimum absolute atomic E-state index is 0.316. The minimum Gasteiger partial charge on any atom is -0.493 e. The third-order valence-electron chi connectivity index (χ3n) is 3.83. The van der Waals surface area contributed by atoms with E-state index in [-0.39, 0.29) is 11.7 Å². The summed E-state index contributed by atoms with van der Waals surface area (Å²) in [6.45, 7) is 1.73. The summed E-state index contributed by atoms with van der Waals surface area (Å²) >= 11 is 7.44. The van der Waals surface area contributed by atoms with Crippen molar-refractivity contribution in [2.75, 3.05) is 19.5 Å². The molecule has 2 aromatic carbocycles. The number of nitrogens with one attached hydrogen (secondary N) is 1. The lowest BCUT2D eigenvalue weighted by Crippen LogP contribution is -2.12. The summed E-state index contributed by atoms with van der Waals surface area (Å²) in [4.78, 5) is 13.1. The molecule has 7 heteroatoms. The molecular weight excluding hydrogens is 365 g/mol. The predicted molar refractivity (Wildman–Crippen MR) is 99.0 cm³/mol. The highest BCUT2D eigenvalue weighted by molar-refractivity contribution is 7.21. The molecule has 0 unspecified atom stereocenters. The van der Waals surface area contributed by atoms with Crippen LogP contribution in [0.15, 0.2) is 30.3 Å². The van der Waals surface area contributed by atoms with E-state index in [2.05, 4.69) is 5.32 Å². The van der Waals surface area contributed by atoms with E-state index in [1.54, 1.807) is 31.2 Å². The predicted octanol–water partition coefficient (Wildman–Crippen LogP) is 5.27. The zero-order valence-electron chi connectivity index (χ0n) is 13.8. The molecule has 0 aliphatic carbocycles. The first-order chi connectivity index (χ1) is 12.0. The highest BCUT2D eigenvalue weighted by Gasteiger charge is 2.19. The smallest absolute Gasteiger partial charge is 0.266 e. The van der Waals surface area contributed by atoms with E-state index in [4.69, 9.17) is 21.1 Å². The second kappa shape index (κ2) is 6.90. The molecule has 0 fully saturated rings. The van der Waals surface area contributed by atoms with Crippen molar-refractivity contribution in [3.05, 3.63) is 51.6 Å². The van der Waals surface area contributed by atoms with Crippen LogP contribution in [0.5, 0.6) is 11.5 Å². The van der Waals surface area contributed by atoms with Gasteiger partial charge in [0.1, 0.15) is 5.82 Å². The normalized spacial score (nSPS) is 10.8. The number of amides is 1. The van der Waals surface area contributed by atoms with Crippen molar-refractivity contribution >= 4 is 44.6 Å². The molecule has 3 aromatic rings. The fourth-order valence-corrected chi connectivity index (χ4v) is 3.92. The average molecular weight is 380 g/mol. The number of aryl methyl sites for hydroxylation is 1. The lowest BCUT2D eigenvalue weighted by Gasteiger charge is -2.12. The van der Waals surface area contributed by atoms with Gasteiger partial charge in [-0.1, -0.05) is 17.7 Å². The second-order valence-electron chi connectivity index (χ2n) is 5.31. The lowest BCUT2D eigenvalue weighted by atomic mass is 10.1. The molecule has 0 aliphatic heterocycles. The van der Waals surface area contributed by atoms with E-state index in [0.29, 0.717) is 38.0 Å². The van der Waals surface area contributed by atoms with Crippen LogP contribution in [0.2, 0.25) is 5.02 Å². The highest BCUT2D eigenvalue weighted by atomic mass is 35.5. The largest absolute Gasteiger partial charge is 0.493 e. The molecule has 0 atom stereocenters. The van der Waals surface area contributed by atoms with E-state index in [1.165, 1.54) is 31.6 Å². The molecule has 25 heavy (non-hydrogen) atoms. The molecule has 1 aromatic heterocycles. The molecule has 0 bridgehead atoms. The molecule has 130 valence electrons. The van der Waals surface area contributed by atoms with E-state index in [0.717, 1.165) is 4.70 Å². The quantitative estimate of drug-likeness (QED) is 0.671. The fourth-order valence-electron chi connectivity index (χ4n) is 2.60. The van der Waals surface area contributed by atoms with E-state index >= 15 is 0 Å². The Morgan fingerprint density at radius 3 is 2.52 bits per heavy atom. The van der Waals surface area contributed by atoms with Crippen LogP contribution >= 0.6 is 22.9 Å². The number of benzene rings is 2. The minimum atomic E-state index is -0.354. The lowest BCUT2D eigenvalue weighted by molar-refractivity contribution is 0.103. The summed E-state index contributed by atoms with van der Waals surface area (Å²) < 4.78 is 25.1. The molecule has 0 aliphatic rings. The van der Waals surface area contributed by atoms with Gasteiger partial charge in [0.25, 0.3) is 5.91 Å². The van der Waals surface area contributed by atoms with Gasteiger partial charge in [0.2, 0.25) is 0 Å². The molecule has 1 amide bonds. The third kappa shape index (κ3) is 3.15. The Hall–Kier alpha value is -2.31. The van der Waals surface area contributed by atoms with Gasteiger partial charge in [0.15, 0.2) is 11.5 Å². The molecule has 0 radical (unpaired) electrons. The number of ether oxygens (including phenoxy) is 2. The summed E-state index contributed by atoms with van der Waals surface area (Å²) in [5.41, 5.74) is 0.994. The van der Waals surface area contributed by atoms with Crippen molar-refractivity contribution in [2.45, 2.75) is 6.92 Å². The van der Waals surface area contributed by atoms with Crippen molar-refractivity contribution < 1.29 is 18.7 Å². The number of carbonyl (C=O) groups is 1. The van der Waals surface area contributed by atoms with Gasteiger partial charge in [-0.3, -0.25) is 4.79 Å².